The zero-order valence-electron chi connectivity index (χ0n) is 17.3. The highest BCUT2D eigenvalue weighted by atomic mass is 16.3. The minimum Gasteiger partial charge on any atom is -0.394 e. The maximum absolute atomic E-state index is 9.62. The van der Waals surface area contributed by atoms with Crippen molar-refractivity contribution in [3.05, 3.63) is 43.2 Å². The summed E-state index contributed by atoms with van der Waals surface area (Å²) < 4.78 is 5.63. The first kappa shape index (κ1) is 19.3. The zero-order valence-corrected chi connectivity index (χ0v) is 17.3. The van der Waals surface area contributed by atoms with E-state index in [4.69, 9.17) is 4.98 Å². The highest BCUT2D eigenvalue weighted by Gasteiger charge is 2.21. The van der Waals surface area contributed by atoms with E-state index < -0.39 is 5.54 Å². The number of fused-ring (bicyclic) bond motifs is 1. The second-order valence-corrected chi connectivity index (χ2v) is 7.96. The molecule has 0 unspecified atom stereocenters. The Bertz CT molecular complexity index is 1120. The van der Waals surface area contributed by atoms with E-state index in [-0.39, 0.29) is 6.61 Å². The first-order valence-corrected chi connectivity index (χ1v) is 10.0. The van der Waals surface area contributed by atoms with E-state index in [0.29, 0.717) is 6.04 Å². The van der Waals surface area contributed by atoms with Gasteiger partial charge in [-0.05, 0) is 32.8 Å². The molecule has 0 bridgehead atoms. The Hall–Kier alpha value is -3.00. The predicted octanol–water partition coefficient (Wildman–Crippen LogP) is 3.54. The Labute approximate surface area is 169 Å². The lowest BCUT2D eigenvalue weighted by Gasteiger charge is -2.22. The molecule has 8 heteroatoms. The van der Waals surface area contributed by atoms with E-state index in [1.807, 2.05) is 47.7 Å². The van der Waals surface area contributed by atoms with Crippen molar-refractivity contribution in [3.63, 3.8) is 0 Å². The molecule has 0 amide bonds. The molecule has 4 aromatic rings. The normalized spacial score (nSPS) is 12.3. The molecule has 8 nitrogen and oxygen atoms in total. The van der Waals surface area contributed by atoms with Crippen molar-refractivity contribution in [3.8, 4) is 22.5 Å². The van der Waals surface area contributed by atoms with Gasteiger partial charge in [0.15, 0.2) is 0 Å². The van der Waals surface area contributed by atoms with E-state index in [9.17, 15) is 5.11 Å². The molecular weight excluding hydrogens is 366 g/mol. The highest BCUT2D eigenvalue weighted by Crippen LogP contribution is 2.28. The van der Waals surface area contributed by atoms with Gasteiger partial charge in [0, 0.05) is 23.5 Å². The summed E-state index contributed by atoms with van der Waals surface area (Å²) in [6.07, 6.45) is 13.4. The summed E-state index contributed by atoms with van der Waals surface area (Å²) in [6.45, 7) is 8.22. The lowest BCUT2D eigenvalue weighted by molar-refractivity contribution is 0.152. The smallest absolute Gasteiger partial charge is 0.0999 e. The molecular formula is C21H27N7O. The molecule has 4 rings (SSSR count). The topological polar surface area (TPSA) is 86.1 Å². The average Bonchev–Trinajstić information content (AvgIpc) is 3.47. The molecule has 152 valence electrons. The van der Waals surface area contributed by atoms with E-state index in [1.54, 1.807) is 17.1 Å². The van der Waals surface area contributed by atoms with Crippen LogP contribution in [-0.2, 0) is 5.54 Å². The second-order valence-electron chi connectivity index (χ2n) is 7.96. The van der Waals surface area contributed by atoms with Crippen LogP contribution in [0.4, 0.5) is 0 Å². The molecule has 0 aliphatic carbocycles. The first-order chi connectivity index (χ1) is 14.0. The van der Waals surface area contributed by atoms with Gasteiger partial charge in [0.25, 0.3) is 0 Å². The van der Waals surface area contributed by atoms with E-state index >= 15 is 0 Å². The van der Waals surface area contributed by atoms with Crippen LogP contribution in [0.25, 0.3) is 28.0 Å². The maximum Gasteiger partial charge on any atom is 0.0999 e. The number of aliphatic hydroxyl groups excluding tert-OH is 1. The van der Waals surface area contributed by atoms with Crippen molar-refractivity contribution in [1.29, 1.82) is 0 Å². The molecule has 0 radical (unpaired) electrons. The summed E-state index contributed by atoms with van der Waals surface area (Å²) in [7, 11) is 0. The van der Waals surface area contributed by atoms with Crippen LogP contribution in [0.3, 0.4) is 0 Å². The maximum atomic E-state index is 9.62. The summed E-state index contributed by atoms with van der Waals surface area (Å²) in [5.74, 6) is 0. The van der Waals surface area contributed by atoms with Crippen molar-refractivity contribution >= 4 is 5.52 Å². The average molecular weight is 393 g/mol. The Balaban J connectivity index is 1.80. The van der Waals surface area contributed by atoms with Crippen LogP contribution >= 0.6 is 0 Å². The second kappa shape index (κ2) is 7.44. The van der Waals surface area contributed by atoms with Crippen molar-refractivity contribution in [1.82, 2.24) is 34.2 Å². The molecule has 29 heavy (non-hydrogen) atoms. The molecule has 0 fully saturated rings. The Morgan fingerprint density at radius 3 is 2.48 bits per heavy atom. The lowest BCUT2D eigenvalue weighted by Crippen LogP contribution is -2.30. The minimum atomic E-state index is -0.479. The predicted molar refractivity (Wildman–Crippen MR) is 111 cm³/mol. The van der Waals surface area contributed by atoms with E-state index in [0.717, 1.165) is 40.9 Å². The van der Waals surface area contributed by atoms with Crippen LogP contribution in [0, 0.1) is 0 Å². The number of rotatable bonds is 7. The van der Waals surface area contributed by atoms with Crippen molar-refractivity contribution in [2.75, 3.05) is 6.61 Å². The van der Waals surface area contributed by atoms with Gasteiger partial charge in [-0.2, -0.15) is 15.3 Å². The Morgan fingerprint density at radius 1 is 1.00 bits per heavy atom. The molecule has 1 N–H and O–H groups in total. The van der Waals surface area contributed by atoms with Crippen molar-refractivity contribution in [2.24, 2.45) is 0 Å². The molecule has 4 heterocycles. The summed E-state index contributed by atoms with van der Waals surface area (Å²) >= 11 is 0. The quantitative estimate of drug-likeness (QED) is 0.519. The Kier molecular flexibility index (Phi) is 4.96. The van der Waals surface area contributed by atoms with Crippen LogP contribution in [-0.4, -0.2) is 45.9 Å². The van der Waals surface area contributed by atoms with Crippen LogP contribution < -0.4 is 0 Å². The fourth-order valence-corrected chi connectivity index (χ4v) is 3.46. The molecule has 0 aliphatic rings. The third-order valence-corrected chi connectivity index (χ3v) is 5.47. The Morgan fingerprint density at radius 2 is 1.76 bits per heavy atom. The van der Waals surface area contributed by atoms with Crippen LogP contribution in [0.5, 0.6) is 0 Å². The molecule has 0 atom stereocenters. The third-order valence-electron chi connectivity index (χ3n) is 5.47. The van der Waals surface area contributed by atoms with Gasteiger partial charge < -0.3 is 5.11 Å². The first-order valence-electron chi connectivity index (χ1n) is 10.0. The van der Waals surface area contributed by atoms with Crippen molar-refractivity contribution in [2.45, 2.75) is 52.1 Å². The van der Waals surface area contributed by atoms with Gasteiger partial charge in [-0.15, -0.1) is 0 Å². The standard InChI is InChI=1S/C21H27N7O/c1-5-17(6-2)26-11-16(10-23-26)20-19-7-8-22-27(19)13-18(25-20)15-9-24-28(12-15)21(3,4)14-29/h7-13,17,29H,5-6,14H2,1-4H3. The van der Waals surface area contributed by atoms with Crippen LogP contribution in [0.1, 0.15) is 46.6 Å². The molecule has 0 saturated carbocycles. The summed E-state index contributed by atoms with van der Waals surface area (Å²) in [5.41, 5.74) is 3.90. The van der Waals surface area contributed by atoms with E-state index in [1.165, 1.54) is 0 Å². The molecule has 0 saturated heterocycles. The molecule has 0 aromatic carbocycles. The van der Waals surface area contributed by atoms with Gasteiger partial charge in [-0.25, -0.2) is 9.50 Å². The molecule has 0 aliphatic heterocycles. The number of aliphatic hydroxyl groups is 1. The highest BCUT2D eigenvalue weighted by molar-refractivity contribution is 5.78. The molecule has 4 aromatic heterocycles. The number of hydrogen-bond acceptors (Lipinski definition) is 5. The SMILES string of the molecule is CCC(CC)n1cc(-c2nc(-c3cnn(C(C)(C)CO)c3)cn3nccc23)cn1. The number of aromatic nitrogens is 7. The van der Waals surface area contributed by atoms with Gasteiger partial charge in [0.2, 0.25) is 0 Å². The van der Waals surface area contributed by atoms with Crippen LogP contribution in [0.15, 0.2) is 43.2 Å². The third kappa shape index (κ3) is 3.44. The summed E-state index contributed by atoms with van der Waals surface area (Å²) in [5, 5.41) is 23.0. The van der Waals surface area contributed by atoms with Crippen molar-refractivity contribution < 1.29 is 5.11 Å². The zero-order chi connectivity index (χ0) is 20.6. The van der Waals surface area contributed by atoms with E-state index in [2.05, 4.69) is 35.3 Å². The minimum absolute atomic E-state index is 0.000197. The number of nitrogens with zero attached hydrogens (tertiary/aromatic N) is 7. The fourth-order valence-electron chi connectivity index (χ4n) is 3.46. The van der Waals surface area contributed by atoms with Crippen LogP contribution in [0.2, 0.25) is 0 Å². The monoisotopic (exact) mass is 393 g/mol. The largest absolute Gasteiger partial charge is 0.394 e. The summed E-state index contributed by atoms with van der Waals surface area (Å²) in [6, 6.07) is 2.34. The van der Waals surface area contributed by atoms with Gasteiger partial charge in [0.05, 0.1) is 59.9 Å². The van der Waals surface area contributed by atoms with Gasteiger partial charge in [-0.3, -0.25) is 9.36 Å². The number of hydrogen-bond donors (Lipinski definition) is 1. The summed E-state index contributed by atoms with van der Waals surface area (Å²) in [4.78, 5) is 4.93. The molecule has 0 spiro atoms. The van der Waals surface area contributed by atoms with Gasteiger partial charge >= 0.3 is 0 Å². The fraction of sp³-hybridized carbons (Fsp3) is 0.429. The van der Waals surface area contributed by atoms with Gasteiger partial charge in [0.1, 0.15) is 0 Å². The van der Waals surface area contributed by atoms with Gasteiger partial charge in [-0.1, -0.05) is 13.8 Å². The lowest BCUT2D eigenvalue weighted by atomic mass is 10.1.